The number of aryl methyl sites for hydroxylation is 1. The van der Waals surface area contributed by atoms with Crippen molar-refractivity contribution in [3.8, 4) is 5.75 Å². The molecule has 0 bridgehead atoms. The Balaban J connectivity index is 1.55. The molecule has 0 unspecified atom stereocenters. The van der Waals surface area contributed by atoms with Gasteiger partial charge in [-0.2, -0.15) is 0 Å². The third-order valence-corrected chi connectivity index (χ3v) is 5.12. The van der Waals surface area contributed by atoms with Crippen molar-refractivity contribution in [2.75, 3.05) is 7.11 Å². The lowest BCUT2D eigenvalue weighted by Crippen LogP contribution is -2.07. The zero-order chi connectivity index (χ0) is 21.3. The molecule has 0 fully saturated rings. The number of nitrogens with zero attached hydrogens (tertiary/aromatic N) is 6. The molecule has 0 atom stereocenters. The van der Waals surface area contributed by atoms with Crippen molar-refractivity contribution in [3.63, 3.8) is 0 Å². The molecule has 8 heteroatoms. The van der Waals surface area contributed by atoms with Gasteiger partial charge in [0.1, 0.15) is 17.7 Å². The number of hydrogen-bond acceptors (Lipinski definition) is 6. The second kappa shape index (κ2) is 8.14. The Morgan fingerprint density at radius 2 is 1.90 bits per heavy atom. The van der Waals surface area contributed by atoms with Crippen LogP contribution in [0.15, 0.2) is 35.7 Å². The molecule has 30 heavy (non-hydrogen) atoms. The lowest BCUT2D eigenvalue weighted by Gasteiger charge is -2.10. The van der Waals surface area contributed by atoms with Crippen LogP contribution in [0, 0.1) is 19.8 Å². The molecule has 0 aliphatic rings. The van der Waals surface area contributed by atoms with Crippen molar-refractivity contribution in [2.24, 2.45) is 11.1 Å². The lowest BCUT2D eigenvalue weighted by atomic mass is 10.2. The van der Waals surface area contributed by atoms with E-state index in [-0.39, 0.29) is 6.61 Å². The van der Waals surface area contributed by atoms with E-state index in [1.807, 2.05) is 24.3 Å². The maximum absolute atomic E-state index is 5.41. The first-order valence-corrected chi connectivity index (χ1v) is 9.97. The third kappa shape index (κ3) is 3.72. The first-order chi connectivity index (χ1) is 14.5. The van der Waals surface area contributed by atoms with E-state index in [0.717, 1.165) is 34.5 Å². The van der Waals surface area contributed by atoms with Crippen molar-refractivity contribution < 1.29 is 9.57 Å². The number of benzene rings is 1. The smallest absolute Gasteiger partial charge is 0.192 e. The molecule has 3 heterocycles. The van der Waals surface area contributed by atoms with E-state index in [9.17, 15) is 0 Å². The summed E-state index contributed by atoms with van der Waals surface area (Å²) in [6.07, 6.45) is 3.36. The maximum atomic E-state index is 5.41. The minimum Gasteiger partial charge on any atom is -0.497 e. The molecule has 0 N–H and O–H groups in total. The van der Waals surface area contributed by atoms with Crippen molar-refractivity contribution >= 4 is 22.9 Å². The predicted octanol–water partition coefficient (Wildman–Crippen LogP) is 3.91. The summed E-state index contributed by atoms with van der Waals surface area (Å²) in [5.74, 6) is 1.89. The highest BCUT2D eigenvalue weighted by atomic mass is 16.6. The number of methoxy groups -OCH3 is 1. The number of aromatic nitrogens is 5. The summed E-state index contributed by atoms with van der Waals surface area (Å²) in [6, 6.07) is 7.56. The average Bonchev–Trinajstić information content (AvgIpc) is 3.25. The van der Waals surface area contributed by atoms with Crippen LogP contribution in [0.25, 0.3) is 16.7 Å². The van der Waals surface area contributed by atoms with Gasteiger partial charge in [0, 0.05) is 12.2 Å². The van der Waals surface area contributed by atoms with E-state index in [2.05, 4.69) is 52.5 Å². The van der Waals surface area contributed by atoms with Crippen molar-refractivity contribution in [2.45, 2.75) is 40.8 Å². The number of hydrogen-bond donors (Lipinski definition) is 0. The normalized spacial score (nSPS) is 11.9. The van der Waals surface area contributed by atoms with Crippen molar-refractivity contribution in [3.05, 3.63) is 53.2 Å². The van der Waals surface area contributed by atoms with Crippen LogP contribution in [0.1, 0.15) is 36.5 Å². The number of rotatable bonds is 7. The van der Waals surface area contributed by atoms with E-state index in [1.54, 1.807) is 24.2 Å². The monoisotopic (exact) mass is 406 g/mol. The van der Waals surface area contributed by atoms with E-state index < -0.39 is 0 Å². The Kier molecular flexibility index (Phi) is 5.39. The molecule has 0 spiro atoms. The van der Waals surface area contributed by atoms with Gasteiger partial charge in [-0.05, 0) is 55.2 Å². The largest absolute Gasteiger partial charge is 0.497 e. The zero-order valence-electron chi connectivity index (χ0n) is 18.0. The van der Waals surface area contributed by atoms with Gasteiger partial charge in [0.25, 0.3) is 0 Å². The topological polar surface area (TPSA) is 78.8 Å². The van der Waals surface area contributed by atoms with Gasteiger partial charge in [-0.25, -0.2) is 14.5 Å². The number of oxime groups is 1. The minimum atomic E-state index is 0.181. The molecule has 0 saturated heterocycles. The van der Waals surface area contributed by atoms with Crippen LogP contribution in [-0.4, -0.2) is 37.5 Å². The predicted molar refractivity (Wildman–Crippen MR) is 116 cm³/mol. The number of ether oxygens (including phenoxy) is 1. The summed E-state index contributed by atoms with van der Waals surface area (Å²) in [4.78, 5) is 14.7. The van der Waals surface area contributed by atoms with Gasteiger partial charge in [-0.15, -0.1) is 5.10 Å². The van der Waals surface area contributed by atoms with Crippen LogP contribution in [0.2, 0.25) is 0 Å². The summed E-state index contributed by atoms with van der Waals surface area (Å²) in [5.41, 5.74) is 5.05. The average molecular weight is 406 g/mol. The highest BCUT2D eigenvalue weighted by Crippen LogP contribution is 2.27. The fourth-order valence-corrected chi connectivity index (χ4v) is 3.51. The van der Waals surface area contributed by atoms with Gasteiger partial charge in [0.15, 0.2) is 18.1 Å². The molecule has 4 aromatic rings. The van der Waals surface area contributed by atoms with Crippen molar-refractivity contribution in [1.29, 1.82) is 0 Å². The number of fused-ring (bicyclic) bond motifs is 3. The summed E-state index contributed by atoms with van der Waals surface area (Å²) < 4.78 is 9.12. The van der Waals surface area contributed by atoms with Gasteiger partial charge in [-0.3, -0.25) is 0 Å². The molecule has 0 radical (unpaired) electrons. The standard InChI is InChI=1S/C22H26N6O2/c1-14(2)11-27-16(4)15(3)20-21(27)23-13-28-22(20)25-19(26-28)12-30-24-10-17-6-8-18(29-5)9-7-17/h6-10,13-14H,11-12H2,1-5H3. The Hall–Kier alpha value is -3.42. The second-order valence-corrected chi connectivity index (χ2v) is 7.74. The van der Waals surface area contributed by atoms with E-state index >= 15 is 0 Å². The molecule has 3 aromatic heterocycles. The summed E-state index contributed by atoms with van der Waals surface area (Å²) in [7, 11) is 1.64. The van der Waals surface area contributed by atoms with Crippen LogP contribution >= 0.6 is 0 Å². The first-order valence-electron chi connectivity index (χ1n) is 9.97. The summed E-state index contributed by atoms with van der Waals surface area (Å²) in [5, 5.41) is 9.55. The highest BCUT2D eigenvalue weighted by Gasteiger charge is 2.18. The third-order valence-electron chi connectivity index (χ3n) is 5.12. The molecule has 0 aliphatic heterocycles. The Morgan fingerprint density at radius 1 is 1.13 bits per heavy atom. The molecule has 0 amide bonds. The molecule has 0 saturated carbocycles. The van der Waals surface area contributed by atoms with Gasteiger partial charge in [0.05, 0.1) is 18.7 Å². The summed E-state index contributed by atoms with van der Waals surface area (Å²) in [6.45, 7) is 9.75. The SMILES string of the molecule is COc1ccc(C=NOCc2nc3c4c(C)c(C)n(CC(C)C)c4ncn3n2)cc1. The zero-order valence-corrected chi connectivity index (χ0v) is 18.0. The summed E-state index contributed by atoms with van der Waals surface area (Å²) >= 11 is 0. The Bertz CT molecular complexity index is 1200. The van der Waals surface area contributed by atoms with Gasteiger partial charge < -0.3 is 14.1 Å². The molecular weight excluding hydrogens is 380 g/mol. The maximum Gasteiger partial charge on any atom is 0.192 e. The van der Waals surface area contributed by atoms with E-state index in [4.69, 9.17) is 9.57 Å². The Labute approximate surface area is 175 Å². The van der Waals surface area contributed by atoms with Gasteiger partial charge in [-0.1, -0.05) is 19.0 Å². The molecular formula is C22H26N6O2. The molecule has 1 aromatic carbocycles. The van der Waals surface area contributed by atoms with E-state index in [1.165, 1.54) is 11.3 Å². The fourth-order valence-electron chi connectivity index (χ4n) is 3.51. The van der Waals surface area contributed by atoms with Crippen LogP contribution in [-0.2, 0) is 18.0 Å². The molecule has 4 rings (SSSR count). The van der Waals surface area contributed by atoms with Crippen LogP contribution in [0.3, 0.4) is 0 Å². The molecule has 8 nitrogen and oxygen atoms in total. The minimum absolute atomic E-state index is 0.181. The second-order valence-electron chi connectivity index (χ2n) is 7.74. The van der Waals surface area contributed by atoms with Crippen molar-refractivity contribution in [1.82, 2.24) is 24.1 Å². The van der Waals surface area contributed by atoms with E-state index in [0.29, 0.717) is 11.7 Å². The Morgan fingerprint density at radius 3 is 2.60 bits per heavy atom. The quantitative estimate of drug-likeness (QED) is 0.343. The van der Waals surface area contributed by atoms with Gasteiger partial charge >= 0.3 is 0 Å². The molecule has 0 aliphatic carbocycles. The lowest BCUT2D eigenvalue weighted by molar-refractivity contribution is 0.126. The van der Waals surface area contributed by atoms with Crippen LogP contribution < -0.4 is 4.74 Å². The van der Waals surface area contributed by atoms with Crippen LogP contribution in [0.4, 0.5) is 0 Å². The van der Waals surface area contributed by atoms with Crippen LogP contribution in [0.5, 0.6) is 5.75 Å². The van der Waals surface area contributed by atoms with Gasteiger partial charge in [0.2, 0.25) is 0 Å². The fraction of sp³-hybridized carbons (Fsp3) is 0.364. The first kappa shape index (κ1) is 19.9. The highest BCUT2D eigenvalue weighted by molar-refractivity contribution is 5.93. The molecule has 156 valence electrons.